The van der Waals surface area contributed by atoms with Crippen molar-refractivity contribution in [2.24, 2.45) is 5.92 Å². The van der Waals surface area contributed by atoms with E-state index in [1.165, 1.54) is 13.8 Å². The Balaban J connectivity index is 4.55. The quantitative estimate of drug-likeness (QED) is 0.557. The third-order valence-electron chi connectivity index (χ3n) is 2.09. The van der Waals surface area contributed by atoms with E-state index in [9.17, 15) is 9.59 Å². The number of hydrogen-bond donors (Lipinski definition) is 2. The molecule has 0 amide bonds. The molecule has 0 aromatic carbocycles. The lowest BCUT2D eigenvalue weighted by Crippen LogP contribution is -2.04. The molecule has 2 N–H and O–H groups in total. The molecule has 0 fully saturated rings. The van der Waals surface area contributed by atoms with E-state index in [0.29, 0.717) is 6.42 Å². The van der Waals surface area contributed by atoms with Crippen LogP contribution in [0, 0.1) is 5.92 Å². The van der Waals surface area contributed by atoms with E-state index in [2.05, 4.69) is 0 Å². The van der Waals surface area contributed by atoms with Gasteiger partial charge in [0.15, 0.2) is 0 Å². The molecule has 0 radical (unpaired) electrons. The van der Waals surface area contributed by atoms with Crippen LogP contribution in [0.5, 0.6) is 0 Å². The Morgan fingerprint density at radius 3 is 2.06 bits per heavy atom. The summed E-state index contributed by atoms with van der Waals surface area (Å²) in [6.45, 7) is 2.97. The fourth-order valence-corrected chi connectivity index (χ4v) is 1.23. The molecule has 16 heavy (non-hydrogen) atoms. The zero-order valence-electron chi connectivity index (χ0n) is 9.24. The van der Waals surface area contributed by atoms with Gasteiger partial charge in [0.05, 0.1) is 0 Å². The molecular formula is C11H15ClO4. The average molecular weight is 247 g/mol. The van der Waals surface area contributed by atoms with Gasteiger partial charge in [0.25, 0.3) is 0 Å². The summed E-state index contributed by atoms with van der Waals surface area (Å²) in [5.74, 6) is -1.87. The van der Waals surface area contributed by atoms with Crippen molar-refractivity contribution in [3.05, 3.63) is 23.3 Å². The highest BCUT2D eigenvalue weighted by Crippen LogP contribution is 2.13. The van der Waals surface area contributed by atoms with Gasteiger partial charge in [-0.05, 0) is 26.2 Å². The summed E-state index contributed by atoms with van der Waals surface area (Å²) in [6.07, 6.45) is 3.51. The van der Waals surface area contributed by atoms with Gasteiger partial charge >= 0.3 is 11.9 Å². The Morgan fingerprint density at radius 1 is 1.19 bits per heavy atom. The second-order valence-electron chi connectivity index (χ2n) is 3.50. The van der Waals surface area contributed by atoms with Gasteiger partial charge in [-0.25, -0.2) is 9.59 Å². The Bertz CT molecular complexity index is 331. The first kappa shape index (κ1) is 14.7. The molecule has 0 aliphatic heterocycles. The Kier molecular flexibility index (Phi) is 6.49. The molecule has 1 atom stereocenters. The number of halogens is 1. The lowest BCUT2D eigenvalue weighted by Gasteiger charge is -2.06. The lowest BCUT2D eigenvalue weighted by atomic mass is 10.0. The van der Waals surface area contributed by atoms with Crippen molar-refractivity contribution in [3.8, 4) is 0 Å². The Hall–Kier alpha value is -1.29. The number of allylic oxidation sites excluding steroid dienone is 2. The van der Waals surface area contributed by atoms with Crippen LogP contribution in [0.15, 0.2) is 23.3 Å². The van der Waals surface area contributed by atoms with Crippen LogP contribution in [0.3, 0.4) is 0 Å². The van der Waals surface area contributed by atoms with Gasteiger partial charge in [-0.1, -0.05) is 12.2 Å². The number of aliphatic carboxylic acids is 2. The van der Waals surface area contributed by atoms with Crippen LogP contribution < -0.4 is 0 Å². The van der Waals surface area contributed by atoms with E-state index in [1.807, 2.05) is 0 Å². The molecule has 0 aromatic rings. The molecule has 0 bridgehead atoms. The third kappa shape index (κ3) is 5.56. The number of carbonyl (C=O) groups is 2. The number of carboxylic acids is 2. The van der Waals surface area contributed by atoms with Gasteiger partial charge in [-0.2, -0.15) is 0 Å². The van der Waals surface area contributed by atoms with Crippen molar-refractivity contribution in [2.45, 2.75) is 20.3 Å². The molecule has 0 rings (SSSR count). The molecule has 0 heterocycles. The highest BCUT2D eigenvalue weighted by atomic mass is 35.5. The van der Waals surface area contributed by atoms with Crippen LogP contribution >= 0.6 is 11.6 Å². The van der Waals surface area contributed by atoms with Crippen LogP contribution in [0.2, 0.25) is 0 Å². The minimum atomic E-state index is -0.992. The summed E-state index contributed by atoms with van der Waals surface area (Å²) in [4.78, 5) is 21.1. The molecule has 5 heteroatoms. The maximum atomic E-state index is 10.6. The van der Waals surface area contributed by atoms with E-state index in [4.69, 9.17) is 21.8 Å². The van der Waals surface area contributed by atoms with E-state index in [1.54, 1.807) is 12.2 Å². The van der Waals surface area contributed by atoms with Gasteiger partial charge in [0, 0.05) is 17.0 Å². The standard InChI is InChI=1S/C11H15ClO4/c1-7(10(13)14)3-4-9(6-12)5-8(2)11(15)16/h3,5,9H,4,6H2,1-2H3,(H,13,14)(H,15,16)/b7-3+,8-5+. The maximum absolute atomic E-state index is 10.6. The second kappa shape index (κ2) is 7.06. The van der Waals surface area contributed by atoms with Crippen LogP contribution in [-0.2, 0) is 9.59 Å². The highest BCUT2D eigenvalue weighted by Gasteiger charge is 2.08. The number of carboxylic acid groups (broad SMARTS) is 2. The van der Waals surface area contributed by atoms with Crippen LogP contribution in [0.25, 0.3) is 0 Å². The van der Waals surface area contributed by atoms with Crippen molar-refractivity contribution in [3.63, 3.8) is 0 Å². The van der Waals surface area contributed by atoms with E-state index in [0.717, 1.165) is 0 Å². The van der Waals surface area contributed by atoms with Gasteiger partial charge in [-0.3, -0.25) is 0 Å². The van der Waals surface area contributed by atoms with E-state index < -0.39 is 11.9 Å². The minimum absolute atomic E-state index is 0.160. The molecule has 0 aromatic heterocycles. The topological polar surface area (TPSA) is 74.6 Å². The summed E-state index contributed by atoms with van der Waals surface area (Å²) >= 11 is 5.67. The van der Waals surface area contributed by atoms with Gasteiger partial charge < -0.3 is 10.2 Å². The second-order valence-corrected chi connectivity index (χ2v) is 3.81. The van der Waals surface area contributed by atoms with Crippen molar-refractivity contribution in [1.29, 1.82) is 0 Å². The zero-order chi connectivity index (χ0) is 12.7. The minimum Gasteiger partial charge on any atom is -0.478 e. The normalized spacial score (nSPS) is 14.7. The van der Waals surface area contributed by atoms with Gasteiger partial charge in [0.1, 0.15) is 0 Å². The first-order valence-corrected chi connectivity index (χ1v) is 5.29. The van der Waals surface area contributed by atoms with Crippen molar-refractivity contribution in [2.75, 3.05) is 5.88 Å². The first-order valence-electron chi connectivity index (χ1n) is 4.76. The summed E-state index contributed by atoms with van der Waals surface area (Å²) in [5, 5.41) is 17.3. The molecule has 90 valence electrons. The van der Waals surface area contributed by atoms with Gasteiger partial charge in [0.2, 0.25) is 0 Å². The SMILES string of the molecule is C/C(=C\CC(/C=C(\C)C(=O)O)CCl)C(=O)O. The Labute approximate surface area is 99.2 Å². The smallest absolute Gasteiger partial charge is 0.330 e. The maximum Gasteiger partial charge on any atom is 0.330 e. The van der Waals surface area contributed by atoms with Crippen LogP contribution in [0.1, 0.15) is 20.3 Å². The number of alkyl halides is 1. The number of hydrogen-bond acceptors (Lipinski definition) is 2. The van der Waals surface area contributed by atoms with Gasteiger partial charge in [-0.15, -0.1) is 11.6 Å². The predicted molar refractivity (Wildman–Crippen MR) is 61.6 cm³/mol. The molecule has 0 spiro atoms. The summed E-state index contributed by atoms with van der Waals surface area (Å²) in [6, 6.07) is 0. The molecule has 0 saturated carbocycles. The summed E-state index contributed by atoms with van der Waals surface area (Å²) in [5.41, 5.74) is 0.448. The molecule has 1 unspecified atom stereocenters. The zero-order valence-corrected chi connectivity index (χ0v) is 9.99. The van der Waals surface area contributed by atoms with Crippen LogP contribution in [0.4, 0.5) is 0 Å². The van der Waals surface area contributed by atoms with Crippen molar-refractivity contribution >= 4 is 23.5 Å². The lowest BCUT2D eigenvalue weighted by molar-refractivity contribution is -0.133. The van der Waals surface area contributed by atoms with E-state index in [-0.39, 0.29) is 22.9 Å². The molecule has 0 aliphatic carbocycles. The molecular weight excluding hydrogens is 232 g/mol. The highest BCUT2D eigenvalue weighted by molar-refractivity contribution is 6.18. The third-order valence-corrected chi connectivity index (χ3v) is 2.48. The first-order chi connectivity index (χ1) is 7.38. The fourth-order valence-electron chi connectivity index (χ4n) is 1.02. The van der Waals surface area contributed by atoms with Crippen molar-refractivity contribution < 1.29 is 19.8 Å². The van der Waals surface area contributed by atoms with Crippen molar-refractivity contribution in [1.82, 2.24) is 0 Å². The monoisotopic (exact) mass is 246 g/mol. The summed E-state index contributed by atoms with van der Waals surface area (Å²) in [7, 11) is 0. The van der Waals surface area contributed by atoms with Crippen LogP contribution in [-0.4, -0.2) is 28.0 Å². The Morgan fingerprint density at radius 2 is 1.69 bits per heavy atom. The molecule has 0 saturated heterocycles. The van der Waals surface area contributed by atoms with E-state index >= 15 is 0 Å². The predicted octanol–water partition coefficient (Wildman–Crippen LogP) is 2.29. The average Bonchev–Trinajstić information content (AvgIpc) is 2.22. The number of rotatable bonds is 6. The fraction of sp³-hybridized carbons (Fsp3) is 0.455. The largest absolute Gasteiger partial charge is 0.478 e. The summed E-state index contributed by atoms with van der Waals surface area (Å²) < 4.78 is 0. The molecule has 0 aliphatic rings. The molecule has 4 nitrogen and oxygen atoms in total.